The van der Waals surface area contributed by atoms with Crippen LogP contribution in [0.4, 0.5) is 0 Å². The normalized spacial score (nSPS) is 23.2. The molecule has 3 N–H and O–H groups in total. The average molecular weight is 418 g/mol. The van der Waals surface area contributed by atoms with Gasteiger partial charge in [-0.2, -0.15) is 0 Å². The SMILES string of the molecule is C=Cc1cn([C@@H]2O[C@H](CO)[C@@H](O)[C@@H]2OC(=O)Cc2ccc(OC)cc2)c(=O)[nH]c1=O. The number of hydrogen-bond acceptors (Lipinski definition) is 8. The van der Waals surface area contributed by atoms with Crippen LogP contribution in [0, 0.1) is 0 Å². The van der Waals surface area contributed by atoms with E-state index in [0.717, 1.165) is 4.57 Å². The van der Waals surface area contributed by atoms with E-state index >= 15 is 0 Å². The molecule has 1 aromatic carbocycles. The van der Waals surface area contributed by atoms with Crippen LogP contribution < -0.4 is 16.0 Å². The molecule has 0 unspecified atom stereocenters. The Morgan fingerprint density at radius 3 is 2.63 bits per heavy atom. The topological polar surface area (TPSA) is 140 Å². The molecule has 10 heteroatoms. The van der Waals surface area contributed by atoms with Crippen LogP contribution in [0.1, 0.15) is 17.4 Å². The maximum Gasteiger partial charge on any atom is 0.330 e. The molecule has 30 heavy (non-hydrogen) atoms. The first-order chi connectivity index (χ1) is 14.4. The third-order valence-corrected chi connectivity index (χ3v) is 4.76. The number of aromatic amines is 1. The number of hydrogen-bond donors (Lipinski definition) is 3. The summed E-state index contributed by atoms with van der Waals surface area (Å²) >= 11 is 0. The Morgan fingerprint density at radius 1 is 1.33 bits per heavy atom. The molecular formula is C20H22N2O8. The minimum Gasteiger partial charge on any atom is -0.497 e. The lowest BCUT2D eigenvalue weighted by atomic mass is 10.1. The molecule has 0 bridgehead atoms. The molecule has 2 heterocycles. The fraction of sp³-hybridized carbons (Fsp3) is 0.350. The molecule has 4 atom stereocenters. The van der Waals surface area contributed by atoms with Crippen molar-refractivity contribution in [3.8, 4) is 5.75 Å². The van der Waals surface area contributed by atoms with Crippen molar-refractivity contribution < 1.29 is 29.2 Å². The Bertz CT molecular complexity index is 1030. The van der Waals surface area contributed by atoms with Crippen molar-refractivity contribution in [2.75, 3.05) is 13.7 Å². The Kier molecular flexibility index (Phi) is 6.50. The number of ether oxygens (including phenoxy) is 3. The van der Waals surface area contributed by atoms with E-state index in [2.05, 4.69) is 11.6 Å². The lowest BCUT2D eigenvalue weighted by Gasteiger charge is -2.22. The average Bonchev–Trinajstić information content (AvgIpc) is 3.04. The van der Waals surface area contributed by atoms with Crippen molar-refractivity contribution >= 4 is 12.0 Å². The molecule has 0 amide bonds. The molecule has 1 fully saturated rings. The maximum atomic E-state index is 12.5. The van der Waals surface area contributed by atoms with Crippen molar-refractivity contribution in [2.24, 2.45) is 0 Å². The van der Waals surface area contributed by atoms with Gasteiger partial charge < -0.3 is 24.4 Å². The Labute approximate surface area is 171 Å². The van der Waals surface area contributed by atoms with E-state index in [9.17, 15) is 24.6 Å². The van der Waals surface area contributed by atoms with Gasteiger partial charge in [0.2, 0.25) is 0 Å². The lowest BCUT2D eigenvalue weighted by Crippen LogP contribution is -2.41. The van der Waals surface area contributed by atoms with Crippen LogP contribution >= 0.6 is 0 Å². The summed E-state index contributed by atoms with van der Waals surface area (Å²) in [5.74, 6) is -0.0362. The predicted molar refractivity (Wildman–Crippen MR) is 105 cm³/mol. The highest BCUT2D eigenvalue weighted by Crippen LogP contribution is 2.31. The number of rotatable bonds is 7. The van der Waals surface area contributed by atoms with Gasteiger partial charge in [0.15, 0.2) is 12.3 Å². The standard InChI is InChI=1S/C20H22N2O8/c1-3-12-9-22(20(27)21-18(12)26)19-17(16(25)14(10-23)29-19)30-15(24)8-11-4-6-13(28-2)7-5-11/h3-7,9,14,16-17,19,23,25H,1,8,10H2,2H3,(H,21,26,27)/t14-,16-,17+,19-/m1/s1. The van der Waals surface area contributed by atoms with E-state index in [-0.39, 0.29) is 12.0 Å². The number of esters is 1. The fourth-order valence-electron chi connectivity index (χ4n) is 3.16. The molecule has 160 valence electrons. The number of aromatic nitrogens is 2. The number of carbonyl (C=O) groups excluding carboxylic acids is 1. The summed E-state index contributed by atoms with van der Waals surface area (Å²) in [6, 6.07) is 6.77. The first-order valence-corrected chi connectivity index (χ1v) is 9.12. The van der Waals surface area contributed by atoms with E-state index < -0.39 is 48.4 Å². The van der Waals surface area contributed by atoms with Crippen LogP contribution in [0.3, 0.4) is 0 Å². The van der Waals surface area contributed by atoms with E-state index in [4.69, 9.17) is 14.2 Å². The Morgan fingerprint density at radius 2 is 2.03 bits per heavy atom. The van der Waals surface area contributed by atoms with Gasteiger partial charge in [0.25, 0.3) is 5.56 Å². The molecule has 0 saturated carbocycles. The zero-order chi connectivity index (χ0) is 21.8. The summed E-state index contributed by atoms with van der Waals surface area (Å²) in [4.78, 5) is 38.6. The summed E-state index contributed by atoms with van der Waals surface area (Å²) < 4.78 is 17.0. The second kappa shape index (κ2) is 9.08. The van der Waals surface area contributed by atoms with Crippen LogP contribution in [0.2, 0.25) is 0 Å². The molecule has 0 spiro atoms. The fourth-order valence-corrected chi connectivity index (χ4v) is 3.16. The minimum atomic E-state index is -1.38. The third kappa shape index (κ3) is 4.35. The van der Waals surface area contributed by atoms with Crippen LogP contribution in [-0.2, 0) is 20.7 Å². The first-order valence-electron chi connectivity index (χ1n) is 9.12. The van der Waals surface area contributed by atoms with Crippen molar-refractivity contribution in [2.45, 2.75) is 31.0 Å². The molecular weight excluding hydrogens is 396 g/mol. The second-order valence-corrected chi connectivity index (χ2v) is 6.67. The smallest absolute Gasteiger partial charge is 0.330 e. The number of nitrogens with one attached hydrogen (secondary N) is 1. The summed E-state index contributed by atoms with van der Waals surface area (Å²) in [6.07, 6.45) is -2.66. The van der Waals surface area contributed by atoms with Gasteiger partial charge in [-0.05, 0) is 17.7 Å². The van der Waals surface area contributed by atoms with Gasteiger partial charge in [0.1, 0.15) is 18.0 Å². The first kappa shape index (κ1) is 21.5. The summed E-state index contributed by atoms with van der Waals surface area (Å²) in [5.41, 5.74) is -0.725. The molecule has 2 aromatic rings. The summed E-state index contributed by atoms with van der Waals surface area (Å²) in [7, 11) is 1.53. The lowest BCUT2D eigenvalue weighted by molar-refractivity contribution is -0.158. The predicted octanol–water partition coefficient (Wildman–Crippen LogP) is -0.407. The largest absolute Gasteiger partial charge is 0.497 e. The number of methoxy groups -OCH3 is 1. The molecule has 0 aliphatic carbocycles. The molecule has 10 nitrogen and oxygen atoms in total. The second-order valence-electron chi connectivity index (χ2n) is 6.67. The van der Waals surface area contributed by atoms with Crippen molar-refractivity contribution in [3.05, 3.63) is 69.0 Å². The number of benzene rings is 1. The molecule has 1 aliphatic heterocycles. The number of aliphatic hydroxyl groups excluding tert-OH is 2. The number of H-pyrrole nitrogens is 1. The van der Waals surface area contributed by atoms with Gasteiger partial charge in [-0.15, -0.1) is 0 Å². The highest BCUT2D eigenvalue weighted by atomic mass is 16.6. The number of nitrogens with zero attached hydrogens (tertiary/aromatic N) is 1. The van der Waals surface area contributed by atoms with Crippen LogP contribution in [-0.4, -0.2) is 57.8 Å². The minimum absolute atomic E-state index is 0.0865. The van der Waals surface area contributed by atoms with Crippen LogP contribution in [0.25, 0.3) is 6.08 Å². The van der Waals surface area contributed by atoms with Crippen molar-refractivity contribution in [3.63, 3.8) is 0 Å². The maximum absolute atomic E-state index is 12.5. The third-order valence-electron chi connectivity index (χ3n) is 4.76. The van der Waals surface area contributed by atoms with Crippen molar-refractivity contribution in [1.29, 1.82) is 0 Å². The summed E-state index contributed by atoms with van der Waals surface area (Å²) in [5, 5.41) is 19.9. The van der Waals surface area contributed by atoms with E-state index in [1.807, 2.05) is 0 Å². The molecule has 1 aromatic heterocycles. The number of aliphatic hydroxyl groups is 2. The quantitative estimate of drug-likeness (QED) is 0.516. The van der Waals surface area contributed by atoms with Gasteiger partial charge >= 0.3 is 11.7 Å². The van der Waals surface area contributed by atoms with E-state index in [1.54, 1.807) is 24.3 Å². The monoisotopic (exact) mass is 418 g/mol. The molecule has 3 rings (SSSR count). The van der Waals surface area contributed by atoms with Gasteiger partial charge in [0, 0.05) is 6.20 Å². The van der Waals surface area contributed by atoms with Gasteiger partial charge in [-0.1, -0.05) is 24.8 Å². The highest BCUT2D eigenvalue weighted by Gasteiger charge is 2.47. The van der Waals surface area contributed by atoms with Crippen LogP contribution in [0.5, 0.6) is 5.75 Å². The number of carbonyl (C=O) groups is 1. The highest BCUT2D eigenvalue weighted by molar-refractivity contribution is 5.73. The van der Waals surface area contributed by atoms with Gasteiger partial charge in [-0.25, -0.2) is 4.79 Å². The van der Waals surface area contributed by atoms with Gasteiger partial charge in [-0.3, -0.25) is 19.1 Å². The van der Waals surface area contributed by atoms with E-state index in [0.29, 0.717) is 11.3 Å². The molecule has 1 aliphatic rings. The Hall–Kier alpha value is -3.21. The van der Waals surface area contributed by atoms with Gasteiger partial charge in [0.05, 0.1) is 25.7 Å². The molecule has 0 radical (unpaired) electrons. The zero-order valence-corrected chi connectivity index (χ0v) is 16.2. The molecule has 1 saturated heterocycles. The van der Waals surface area contributed by atoms with Crippen LogP contribution in [0.15, 0.2) is 46.6 Å². The zero-order valence-electron chi connectivity index (χ0n) is 16.2. The van der Waals surface area contributed by atoms with E-state index in [1.165, 1.54) is 19.4 Å². The summed E-state index contributed by atoms with van der Waals surface area (Å²) in [6.45, 7) is 2.94. The Balaban J connectivity index is 1.84. The van der Waals surface area contributed by atoms with Crippen molar-refractivity contribution in [1.82, 2.24) is 9.55 Å².